The van der Waals surface area contributed by atoms with E-state index in [1.54, 1.807) is 64.1 Å². The Hall–Kier alpha value is -5.31. The molecule has 0 spiro atoms. The maximum atomic E-state index is 12.6. The van der Waals surface area contributed by atoms with Gasteiger partial charge in [0.2, 0.25) is 0 Å². The van der Waals surface area contributed by atoms with E-state index in [0.717, 1.165) is 16.2 Å². The van der Waals surface area contributed by atoms with Gasteiger partial charge in [-0.2, -0.15) is 0 Å². The van der Waals surface area contributed by atoms with E-state index in [9.17, 15) is 24.0 Å². The Bertz CT molecular complexity index is 1620. The summed E-state index contributed by atoms with van der Waals surface area (Å²) in [6.45, 7) is 7.03. The molecule has 4 amide bonds. The van der Waals surface area contributed by atoms with E-state index in [0.29, 0.717) is 46.0 Å². The number of nitrogens with zero attached hydrogens (tertiary/aromatic N) is 2. The quantitative estimate of drug-likeness (QED) is 0.252. The molecule has 0 fully saturated rings. The number of rotatable bonds is 7. The number of hydrogen-bond donors (Lipinski definition) is 1. The van der Waals surface area contributed by atoms with E-state index in [1.165, 1.54) is 29.2 Å². The Morgan fingerprint density at radius 1 is 0.610 bits per heavy atom. The standard InChI is InChI=1S/C32H27N3O6/c1-18-19(2)29(37)34(28(18)36)25-11-5-22(6-12-25)17-33-24-9-15-27(16-10-24)41-32(40)23-7-13-26(14-8-23)35-30(38)20(3)21(4)31(35)39/h5-16,33H,17H2,1-4H3. The Balaban J connectivity index is 1.15. The third-order valence-electron chi connectivity index (χ3n) is 7.34. The molecule has 1 N–H and O–H groups in total. The summed E-state index contributed by atoms with van der Waals surface area (Å²) in [7, 11) is 0. The summed E-state index contributed by atoms with van der Waals surface area (Å²) in [4.78, 5) is 64.4. The van der Waals surface area contributed by atoms with Gasteiger partial charge in [-0.15, -0.1) is 0 Å². The van der Waals surface area contributed by atoms with Crippen molar-refractivity contribution in [2.75, 3.05) is 15.1 Å². The molecule has 3 aromatic carbocycles. The molecular formula is C32H27N3O6. The van der Waals surface area contributed by atoms with Gasteiger partial charge in [0.05, 0.1) is 16.9 Å². The van der Waals surface area contributed by atoms with E-state index >= 15 is 0 Å². The van der Waals surface area contributed by atoms with Crippen LogP contribution in [0.15, 0.2) is 95.1 Å². The van der Waals surface area contributed by atoms with Crippen molar-refractivity contribution in [2.45, 2.75) is 34.2 Å². The van der Waals surface area contributed by atoms with E-state index in [1.807, 2.05) is 12.1 Å². The Labute approximate surface area is 236 Å². The van der Waals surface area contributed by atoms with Crippen LogP contribution in [0.2, 0.25) is 0 Å². The third kappa shape index (κ3) is 5.05. The first kappa shape index (κ1) is 27.3. The second-order valence-electron chi connectivity index (χ2n) is 9.87. The summed E-state index contributed by atoms with van der Waals surface area (Å²) < 4.78 is 5.47. The number of amides is 4. The van der Waals surface area contributed by atoms with Crippen LogP contribution in [0.3, 0.4) is 0 Å². The number of esters is 1. The summed E-state index contributed by atoms with van der Waals surface area (Å²) in [6.07, 6.45) is 0. The molecule has 0 aliphatic carbocycles. The average molecular weight is 550 g/mol. The predicted molar refractivity (Wildman–Crippen MR) is 153 cm³/mol. The number of nitrogens with one attached hydrogen (secondary N) is 1. The maximum Gasteiger partial charge on any atom is 0.343 e. The molecule has 9 nitrogen and oxygen atoms in total. The van der Waals surface area contributed by atoms with Crippen molar-refractivity contribution in [2.24, 2.45) is 0 Å². The lowest BCUT2D eigenvalue weighted by molar-refractivity contribution is -0.122. The fourth-order valence-corrected chi connectivity index (χ4v) is 4.49. The lowest BCUT2D eigenvalue weighted by atomic mass is 10.2. The fraction of sp³-hybridized carbons (Fsp3) is 0.156. The molecule has 41 heavy (non-hydrogen) atoms. The highest BCUT2D eigenvalue weighted by molar-refractivity contribution is 6.33. The first-order valence-corrected chi connectivity index (χ1v) is 12.9. The van der Waals surface area contributed by atoms with Crippen molar-refractivity contribution < 1.29 is 28.7 Å². The molecule has 0 atom stereocenters. The van der Waals surface area contributed by atoms with Gasteiger partial charge in [0, 0.05) is 34.5 Å². The SMILES string of the molecule is CC1=C(C)C(=O)N(c2ccc(CNc3ccc(OC(=O)c4ccc(N5C(=O)C(C)=C(C)C5=O)cc4)cc3)cc2)C1=O. The zero-order valence-corrected chi connectivity index (χ0v) is 23.0. The number of imide groups is 2. The van der Waals surface area contributed by atoms with Gasteiger partial charge >= 0.3 is 5.97 Å². The molecule has 5 rings (SSSR count). The van der Waals surface area contributed by atoms with Crippen LogP contribution in [0.4, 0.5) is 17.1 Å². The molecule has 0 aromatic heterocycles. The maximum absolute atomic E-state index is 12.6. The molecule has 0 saturated heterocycles. The first-order valence-electron chi connectivity index (χ1n) is 12.9. The van der Waals surface area contributed by atoms with E-state index in [4.69, 9.17) is 4.74 Å². The fourth-order valence-electron chi connectivity index (χ4n) is 4.49. The first-order chi connectivity index (χ1) is 19.6. The minimum Gasteiger partial charge on any atom is -0.423 e. The topological polar surface area (TPSA) is 113 Å². The highest BCUT2D eigenvalue weighted by Crippen LogP contribution is 2.28. The lowest BCUT2D eigenvalue weighted by Crippen LogP contribution is -2.31. The van der Waals surface area contributed by atoms with E-state index < -0.39 is 5.97 Å². The van der Waals surface area contributed by atoms with E-state index in [-0.39, 0.29) is 29.2 Å². The van der Waals surface area contributed by atoms with Gasteiger partial charge in [-0.1, -0.05) is 12.1 Å². The lowest BCUT2D eigenvalue weighted by Gasteiger charge is -2.15. The number of benzene rings is 3. The molecule has 0 unspecified atom stereocenters. The van der Waals surface area contributed by atoms with Gasteiger partial charge in [0.25, 0.3) is 23.6 Å². The zero-order valence-electron chi connectivity index (χ0n) is 23.0. The molecule has 3 aromatic rings. The monoisotopic (exact) mass is 549 g/mol. The summed E-state index contributed by atoms with van der Waals surface area (Å²) in [5.74, 6) is -1.55. The Morgan fingerprint density at radius 3 is 1.46 bits per heavy atom. The van der Waals surface area contributed by atoms with Crippen LogP contribution in [-0.2, 0) is 25.7 Å². The summed E-state index contributed by atoms with van der Waals surface area (Å²) >= 11 is 0. The average Bonchev–Trinajstić information content (AvgIpc) is 3.30. The molecule has 0 bridgehead atoms. The number of hydrogen-bond acceptors (Lipinski definition) is 7. The molecule has 0 saturated carbocycles. The van der Waals surface area contributed by atoms with Gasteiger partial charge in [-0.25, -0.2) is 14.6 Å². The van der Waals surface area contributed by atoms with Gasteiger partial charge in [0.1, 0.15) is 5.75 Å². The van der Waals surface area contributed by atoms with Gasteiger partial charge in [0.15, 0.2) is 0 Å². The highest BCUT2D eigenvalue weighted by Gasteiger charge is 2.35. The van der Waals surface area contributed by atoms with Gasteiger partial charge < -0.3 is 10.1 Å². The van der Waals surface area contributed by atoms with Gasteiger partial charge in [-0.3, -0.25) is 19.2 Å². The van der Waals surface area contributed by atoms with Crippen LogP contribution in [0.1, 0.15) is 43.6 Å². The summed E-state index contributed by atoms with van der Waals surface area (Å²) in [6, 6.07) is 20.2. The Morgan fingerprint density at radius 2 is 1.02 bits per heavy atom. The van der Waals surface area contributed by atoms with Crippen LogP contribution in [0, 0.1) is 0 Å². The second-order valence-corrected chi connectivity index (χ2v) is 9.87. The molecule has 2 aliphatic rings. The summed E-state index contributed by atoms with van der Waals surface area (Å²) in [5.41, 5.74) is 4.68. The van der Waals surface area contributed by atoms with Crippen LogP contribution in [0.25, 0.3) is 0 Å². The smallest absolute Gasteiger partial charge is 0.343 e. The van der Waals surface area contributed by atoms with Crippen molar-refractivity contribution in [3.8, 4) is 5.75 Å². The second kappa shape index (κ2) is 10.7. The van der Waals surface area contributed by atoms with E-state index in [2.05, 4.69) is 5.32 Å². The van der Waals surface area contributed by atoms with Crippen LogP contribution in [0.5, 0.6) is 5.75 Å². The number of carbonyl (C=O) groups excluding carboxylic acids is 5. The molecule has 2 heterocycles. The minimum absolute atomic E-state index is 0.276. The van der Waals surface area contributed by atoms with Crippen molar-refractivity contribution in [1.29, 1.82) is 0 Å². The van der Waals surface area contributed by atoms with Crippen LogP contribution >= 0.6 is 0 Å². The highest BCUT2D eigenvalue weighted by atomic mass is 16.5. The van der Waals surface area contributed by atoms with Crippen molar-refractivity contribution >= 4 is 46.7 Å². The number of ether oxygens (including phenoxy) is 1. The number of carbonyl (C=O) groups is 5. The van der Waals surface area contributed by atoms with Crippen LogP contribution < -0.4 is 19.9 Å². The van der Waals surface area contributed by atoms with Crippen LogP contribution in [-0.4, -0.2) is 29.6 Å². The third-order valence-corrected chi connectivity index (χ3v) is 7.34. The van der Waals surface area contributed by atoms with Crippen molar-refractivity contribution in [3.05, 3.63) is 106 Å². The van der Waals surface area contributed by atoms with Crippen molar-refractivity contribution in [3.63, 3.8) is 0 Å². The molecule has 206 valence electrons. The molecule has 9 heteroatoms. The molecular weight excluding hydrogens is 522 g/mol. The predicted octanol–water partition coefficient (Wildman–Crippen LogP) is 4.94. The normalized spacial score (nSPS) is 15.4. The minimum atomic E-state index is -0.572. The zero-order chi connectivity index (χ0) is 29.4. The molecule has 0 radical (unpaired) electrons. The number of anilines is 3. The van der Waals surface area contributed by atoms with Gasteiger partial charge in [-0.05, 0) is 93.9 Å². The van der Waals surface area contributed by atoms with Crippen molar-refractivity contribution in [1.82, 2.24) is 0 Å². The Kier molecular flexibility index (Phi) is 7.11. The molecule has 2 aliphatic heterocycles. The summed E-state index contributed by atoms with van der Waals surface area (Å²) in [5, 5.41) is 3.28. The largest absolute Gasteiger partial charge is 0.423 e.